The molecule has 0 atom stereocenters. The summed E-state index contributed by atoms with van der Waals surface area (Å²) in [7, 11) is 0. The van der Waals surface area contributed by atoms with Crippen molar-refractivity contribution in [2.24, 2.45) is 0 Å². The Morgan fingerprint density at radius 1 is 0.550 bits per heavy atom. The number of rotatable bonds is 0. The van der Waals surface area contributed by atoms with Crippen LogP contribution in [0.4, 0.5) is 0 Å². The van der Waals surface area contributed by atoms with Gasteiger partial charge < -0.3 is 0 Å². The van der Waals surface area contributed by atoms with Crippen molar-refractivity contribution in [3.63, 3.8) is 0 Å². The van der Waals surface area contributed by atoms with E-state index in [4.69, 9.17) is 3.02 Å². The summed E-state index contributed by atoms with van der Waals surface area (Å²) >= 11 is 23.6. The second-order valence-electron chi connectivity index (χ2n) is 4.96. The van der Waals surface area contributed by atoms with Crippen molar-refractivity contribution in [3.05, 3.63) is 0 Å². The third kappa shape index (κ3) is 7.17. The van der Waals surface area contributed by atoms with E-state index in [9.17, 15) is 0 Å². The van der Waals surface area contributed by atoms with Crippen molar-refractivity contribution in [1.82, 2.24) is 0 Å². The molecule has 1 nitrogen and oxygen atoms in total. The molecule has 0 aromatic rings. The zero-order valence-electron chi connectivity index (χ0n) is 11.0. The van der Waals surface area contributed by atoms with Gasteiger partial charge in [0.1, 0.15) is 9.70 Å². The van der Waals surface area contributed by atoms with Gasteiger partial charge in [0.05, 0.1) is 0 Å². The summed E-state index contributed by atoms with van der Waals surface area (Å²) in [6.07, 6.45) is 11.3. The van der Waals surface area contributed by atoms with Crippen molar-refractivity contribution in [2.75, 3.05) is 0 Å². The minimum atomic E-state index is -0.292. The molecule has 0 N–H and O–H groups in total. The van der Waals surface area contributed by atoms with E-state index in [1.807, 2.05) is 0 Å². The predicted molar refractivity (Wildman–Crippen MR) is 110 cm³/mol. The van der Waals surface area contributed by atoms with Gasteiger partial charge in [-0.3, -0.25) is 0 Å². The second-order valence-corrected chi connectivity index (χ2v) is 15.9. The fourth-order valence-corrected chi connectivity index (χ4v) is 6.49. The summed E-state index contributed by atoms with van der Waals surface area (Å²) in [4.78, 5) is 0. The van der Waals surface area contributed by atoms with Crippen LogP contribution in [0.2, 0.25) is 0 Å². The van der Waals surface area contributed by atoms with Crippen LogP contribution in [0.3, 0.4) is 0 Å². The summed E-state index contributed by atoms with van der Waals surface area (Å²) in [5, 5.41) is 0. The maximum absolute atomic E-state index is 8.30. The van der Waals surface area contributed by atoms with E-state index in [-0.39, 0.29) is 9.70 Å². The summed E-state index contributed by atoms with van der Waals surface area (Å²) in [6, 6.07) is 0. The molecule has 0 bridgehead atoms. The molecular weight excluding hydrogens is 761 g/mol. The van der Waals surface area contributed by atoms with Crippen LogP contribution in [0.1, 0.15) is 57.8 Å². The van der Waals surface area contributed by atoms with Gasteiger partial charge in [-0.2, -0.15) is 0 Å². The van der Waals surface area contributed by atoms with Crippen molar-refractivity contribution >= 4 is 119 Å². The normalized spacial score (nSPS) is 26.3. The first-order chi connectivity index (χ1) is 9.21. The molecule has 20 heavy (non-hydrogen) atoms. The van der Waals surface area contributed by atoms with Crippen LogP contribution in [0.5, 0.6) is 0 Å². The van der Waals surface area contributed by atoms with Crippen molar-refractivity contribution in [3.8, 4) is 0 Å². The van der Waals surface area contributed by atoms with Crippen LogP contribution >= 0.6 is 95.6 Å². The molecule has 0 amide bonds. The third-order valence-electron chi connectivity index (χ3n) is 3.40. The number of halogens is 6. The predicted octanol–water partition coefficient (Wildman–Crippen LogP) is 7.47. The van der Waals surface area contributed by atoms with Gasteiger partial charge >= 0.3 is 26.0 Å². The van der Waals surface area contributed by atoms with Crippen molar-refractivity contribution in [1.29, 1.82) is 0 Å². The molecule has 1 radical (unpaired) electrons. The Morgan fingerprint density at radius 2 is 0.800 bits per heavy atom. The van der Waals surface area contributed by atoms with Gasteiger partial charge in [0.15, 0.2) is 0 Å². The van der Waals surface area contributed by atoms with Crippen LogP contribution in [-0.2, 0) is 3.02 Å². The van der Waals surface area contributed by atoms with E-state index in [2.05, 4.69) is 95.6 Å². The van der Waals surface area contributed by atoms with Crippen LogP contribution in [0, 0.1) is 0 Å². The number of hydrogen-bond acceptors (Lipinski definition) is 1. The summed E-state index contributed by atoms with van der Waals surface area (Å²) in [5.41, 5.74) is 0. The summed E-state index contributed by atoms with van der Waals surface area (Å²) in [6.45, 7) is 0. The van der Waals surface area contributed by atoms with E-state index in [1.165, 1.54) is 44.9 Å². The van der Waals surface area contributed by atoms with Gasteiger partial charge in [-0.05, 0) is 12.8 Å². The number of alkyl halides is 6. The summed E-state index contributed by atoms with van der Waals surface area (Å²) in [5.74, 6) is 0. The van der Waals surface area contributed by atoms with Crippen LogP contribution in [0.15, 0.2) is 0 Å². The molecule has 0 heterocycles. The first kappa shape index (κ1) is 23.5. The van der Waals surface area contributed by atoms with Gasteiger partial charge in [-0.1, -0.05) is 141 Å². The molecule has 1 aliphatic carbocycles. The van der Waals surface area contributed by atoms with Crippen LogP contribution in [-0.4, -0.2) is 32.7 Å². The Kier molecular flexibility index (Phi) is 13.1. The Labute approximate surface area is 186 Å². The van der Waals surface area contributed by atoms with Gasteiger partial charge in [-0.25, -0.2) is 0 Å². The van der Waals surface area contributed by atoms with Gasteiger partial charge in [0.25, 0.3) is 0 Å². The molecule has 1 rings (SSSR count). The molecule has 8 heteroatoms. The molecule has 0 spiro atoms. The SMILES string of the molecule is BrC1(Br)CCCCCCCCCC(Br)(Br)C1(Br)Br.[O]=[Sb]. The fraction of sp³-hybridized carbons (Fsp3) is 1.00. The topological polar surface area (TPSA) is 17.1 Å². The Balaban J connectivity index is 0.00000172. The molecule has 1 aliphatic rings. The fourth-order valence-electron chi connectivity index (χ4n) is 2.16. The van der Waals surface area contributed by atoms with E-state index < -0.39 is 0 Å². The van der Waals surface area contributed by atoms with Gasteiger partial charge in [0, 0.05) is 0 Å². The average molecular weight is 779 g/mol. The Bertz CT molecular complexity index is 261. The monoisotopic (exact) mass is 773 g/mol. The Hall–Kier alpha value is 3.50. The quantitative estimate of drug-likeness (QED) is 0.184. The molecule has 0 unspecified atom stereocenters. The Morgan fingerprint density at radius 3 is 1.10 bits per heavy atom. The molecule has 1 fully saturated rings. The van der Waals surface area contributed by atoms with E-state index >= 15 is 0 Å². The second kappa shape index (κ2) is 11.2. The van der Waals surface area contributed by atoms with E-state index in [1.54, 1.807) is 0 Å². The zero-order valence-corrected chi connectivity index (χ0v) is 23.1. The van der Waals surface area contributed by atoms with Gasteiger partial charge in [-0.15, -0.1) is 0 Å². The molecule has 0 saturated heterocycles. The van der Waals surface area contributed by atoms with Crippen LogP contribution < -0.4 is 0 Å². The number of hydrogen-bond donors (Lipinski definition) is 0. The molecule has 1 saturated carbocycles. The zero-order chi connectivity index (χ0) is 15.9. The van der Waals surface area contributed by atoms with Gasteiger partial charge in [0.2, 0.25) is 0 Å². The van der Waals surface area contributed by atoms with Crippen molar-refractivity contribution in [2.45, 2.75) is 67.5 Å². The summed E-state index contributed by atoms with van der Waals surface area (Å²) < 4.78 is 7.64. The van der Waals surface area contributed by atoms with Crippen LogP contribution in [0.25, 0.3) is 0 Å². The minimum absolute atomic E-state index is 0.181. The standard InChI is InChI=1S/C12H18Br6.O.Sb/c13-10(14)8-6-4-2-1-3-5-7-9-11(15,16)12(10,17)18;;/h1-9H2;;. The molecular formula is C12H18Br6OSb. The first-order valence-electron chi connectivity index (χ1n) is 6.52. The third-order valence-corrected chi connectivity index (χ3v) is 14.3. The molecule has 0 aliphatic heterocycles. The van der Waals surface area contributed by atoms with E-state index in [0.29, 0.717) is 23.0 Å². The maximum atomic E-state index is 8.30. The molecule has 119 valence electrons. The molecule has 0 aromatic heterocycles. The van der Waals surface area contributed by atoms with Crippen molar-refractivity contribution < 1.29 is 3.02 Å². The first-order valence-corrected chi connectivity index (χ1v) is 12.3. The molecule has 0 aromatic carbocycles. The van der Waals surface area contributed by atoms with E-state index in [0.717, 1.165) is 12.8 Å². The average Bonchev–Trinajstić information content (AvgIpc) is 2.37.